The Hall–Kier alpha value is -1.05. The fourth-order valence-corrected chi connectivity index (χ4v) is 5.83. The molecule has 3 rings (SSSR count). The highest BCUT2D eigenvalue weighted by Crippen LogP contribution is 2.27. The lowest BCUT2D eigenvalue weighted by atomic mass is 9.92. The Morgan fingerprint density at radius 3 is 1.57 bits per heavy atom. The lowest BCUT2D eigenvalue weighted by Crippen LogP contribution is -2.27. The first kappa shape index (κ1) is 23.6. The third-order valence-electron chi connectivity index (χ3n) is 7.62. The van der Waals surface area contributed by atoms with Gasteiger partial charge in [-0.25, -0.2) is 0 Å². The summed E-state index contributed by atoms with van der Waals surface area (Å²) in [5.41, 5.74) is 5.89. The van der Waals surface area contributed by atoms with Crippen molar-refractivity contribution >= 4 is 0 Å². The van der Waals surface area contributed by atoms with Crippen LogP contribution >= 0.6 is 0 Å². The Balaban J connectivity index is 1.29. The van der Waals surface area contributed by atoms with Crippen LogP contribution in [0, 0.1) is 5.41 Å². The van der Waals surface area contributed by atoms with Gasteiger partial charge in [-0.3, -0.25) is 0 Å². The smallest absolute Gasteiger partial charge is 0.0638 e. The molecule has 2 nitrogen and oxygen atoms in total. The van der Waals surface area contributed by atoms with Gasteiger partial charge >= 0.3 is 0 Å². The number of rotatable bonds is 15. The molecule has 0 amide bonds. The Morgan fingerprint density at radius 2 is 1.00 bits per heavy atom. The second-order valence-electron chi connectivity index (χ2n) is 10.0. The maximum Gasteiger partial charge on any atom is 0.0638 e. The summed E-state index contributed by atoms with van der Waals surface area (Å²) in [5.74, 6) is 0. The van der Waals surface area contributed by atoms with E-state index in [1.807, 2.05) is 0 Å². The maximum atomic E-state index is 8.68. The van der Waals surface area contributed by atoms with Crippen LogP contribution in [0.25, 0.3) is 0 Å². The fourth-order valence-electron chi connectivity index (χ4n) is 5.83. The van der Waals surface area contributed by atoms with E-state index in [4.69, 9.17) is 5.41 Å². The van der Waals surface area contributed by atoms with E-state index in [0.29, 0.717) is 0 Å². The van der Waals surface area contributed by atoms with Crippen molar-refractivity contribution in [3.05, 3.63) is 27.9 Å². The molecule has 0 fully saturated rings. The van der Waals surface area contributed by atoms with Crippen molar-refractivity contribution in [3.63, 3.8) is 0 Å². The van der Waals surface area contributed by atoms with Crippen molar-refractivity contribution in [2.45, 2.75) is 148 Å². The number of nitrogens with zero attached hydrogens (tertiary/aromatic N) is 1. The highest BCUT2D eigenvalue weighted by Gasteiger charge is 2.24. The third kappa shape index (κ3) is 6.72. The summed E-state index contributed by atoms with van der Waals surface area (Å²) in [6, 6.07) is 0. The second kappa shape index (κ2) is 13.4. The van der Waals surface area contributed by atoms with Crippen molar-refractivity contribution < 1.29 is 0 Å². The number of hydrogen-bond donors (Lipinski definition) is 1. The van der Waals surface area contributed by atoms with E-state index in [1.165, 1.54) is 145 Å². The van der Waals surface area contributed by atoms with Crippen LogP contribution in [-0.4, -0.2) is 4.57 Å². The topological polar surface area (TPSA) is 28.8 Å². The van der Waals surface area contributed by atoms with Crippen LogP contribution in [0.4, 0.5) is 0 Å². The van der Waals surface area contributed by atoms with Gasteiger partial charge in [0.25, 0.3) is 0 Å². The number of pyridine rings is 1. The minimum atomic E-state index is 0.925. The molecule has 2 aliphatic rings. The zero-order chi connectivity index (χ0) is 21.0. The van der Waals surface area contributed by atoms with Gasteiger partial charge in [-0.2, -0.15) is 0 Å². The molecule has 1 heterocycles. The average molecular weight is 413 g/mol. The minimum absolute atomic E-state index is 0.925. The van der Waals surface area contributed by atoms with Crippen LogP contribution < -0.4 is 5.36 Å². The number of nitrogens with one attached hydrogen (secondary N) is 1. The molecule has 170 valence electrons. The molecular weight excluding hydrogens is 364 g/mol. The fraction of sp³-hybridized carbons (Fsp3) is 0.821. The van der Waals surface area contributed by atoms with E-state index in [0.717, 1.165) is 18.2 Å². The SMILES string of the molecule is CCCCCCCCCCCCCCCCn1c2c(c(=N)c3c1CCC3)CCCC2. The molecule has 0 atom stereocenters. The molecule has 2 heteroatoms. The standard InChI is InChI=1S/C28H48N2/c1-2-3-4-5-6-7-8-9-10-11-12-13-14-17-23-30-26-21-16-15-19-24(26)28(29)25-20-18-22-27(25)30/h29H,2-23H2,1H3. The molecule has 0 saturated heterocycles. The van der Waals surface area contributed by atoms with Crippen LogP contribution in [0.2, 0.25) is 0 Å². The summed E-state index contributed by atoms with van der Waals surface area (Å²) in [6.07, 6.45) is 28.6. The summed E-state index contributed by atoms with van der Waals surface area (Å²) in [7, 11) is 0. The van der Waals surface area contributed by atoms with Gasteiger partial charge in [0.15, 0.2) is 0 Å². The van der Waals surface area contributed by atoms with Crippen molar-refractivity contribution in [2.75, 3.05) is 0 Å². The summed E-state index contributed by atoms with van der Waals surface area (Å²) in [5, 5.41) is 9.60. The van der Waals surface area contributed by atoms with Gasteiger partial charge in [-0.15, -0.1) is 0 Å². The zero-order valence-electron chi connectivity index (χ0n) is 20.0. The normalized spacial score (nSPS) is 15.4. The van der Waals surface area contributed by atoms with Gasteiger partial charge in [-0.05, 0) is 62.5 Å². The lowest BCUT2D eigenvalue weighted by Gasteiger charge is -2.26. The van der Waals surface area contributed by atoms with Crippen molar-refractivity contribution in [1.82, 2.24) is 4.57 Å². The molecule has 1 aromatic rings. The molecule has 0 spiro atoms. The van der Waals surface area contributed by atoms with Gasteiger partial charge in [-0.1, -0.05) is 90.4 Å². The van der Waals surface area contributed by atoms with E-state index in [1.54, 1.807) is 5.69 Å². The number of unbranched alkanes of at least 4 members (excludes halogenated alkanes) is 13. The minimum Gasteiger partial charge on any atom is -0.348 e. The van der Waals surface area contributed by atoms with Crippen LogP contribution in [-0.2, 0) is 32.2 Å². The molecule has 0 saturated carbocycles. The summed E-state index contributed by atoms with van der Waals surface area (Å²) < 4.78 is 2.69. The number of hydrogen-bond acceptors (Lipinski definition) is 1. The number of fused-ring (bicyclic) bond motifs is 2. The van der Waals surface area contributed by atoms with Crippen molar-refractivity contribution in [2.24, 2.45) is 0 Å². The predicted molar refractivity (Wildman–Crippen MR) is 129 cm³/mol. The Morgan fingerprint density at radius 1 is 0.567 bits per heavy atom. The molecule has 0 radical (unpaired) electrons. The molecule has 0 bridgehead atoms. The first-order chi connectivity index (χ1) is 14.8. The van der Waals surface area contributed by atoms with Crippen molar-refractivity contribution in [3.8, 4) is 0 Å². The van der Waals surface area contributed by atoms with E-state index >= 15 is 0 Å². The Kier molecular flexibility index (Phi) is 10.5. The van der Waals surface area contributed by atoms with Crippen LogP contribution in [0.3, 0.4) is 0 Å². The first-order valence-electron chi connectivity index (χ1n) is 13.6. The largest absolute Gasteiger partial charge is 0.348 e. The number of aromatic nitrogens is 1. The van der Waals surface area contributed by atoms with Gasteiger partial charge in [0.1, 0.15) is 0 Å². The van der Waals surface area contributed by atoms with E-state index in [-0.39, 0.29) is 0 Å². The average Bonchev–Trinajstić information content (AvgIpc) is 3.26. The molecule has 0 aliphatic heterocycles. The molecule has 1 aromatic heterocycles. The predicted octanol–water partition coefficient (Wildman–Crippen LogP) is 7.82. The van der Waals surface area contributed by atoms with E-state index < -0.39 is 0 Å². The first-order valence-corrected chi connectivity index (χ1v) is 13.6. The molecule has 30 heavy (non-hydrogen) atoms. The van der Waals surface area contributed by atoms with Gasteiger partial charge in [0, 0.05) is 17.9 Å². The Bertz CT molecular complexity index is 685. The third-order valence-corrected chi connectivity index (χ3v) is 7.62. The van der Waals surface area contributed by atoms with E-state index in [2.05, 4.69) is 11.5 Å². The lowest BCUT2D eigenvalue weighted by molar-refractivity contribution is 0.504. The van der Waals surface area contributed by atoms with Crippen LogP contribution in [0.5, 0.6) is 0 Å². The highest BCUT2D eigenvalue weighted by atomic mass is 15.0. The molecule has 1 N–H and O–H groups in total. The summed E-state index contributed by atoms with van der Waals surface area (Å²) in [6.45, 7) is 3.51. The quantitative estimate of drug-likeness (QED) is 0.284. The van der Waals surface area contributed by atoms with E-state index in [9.17, 15) is 0 Å². The van der Waals surface area contributed by atoms with Gasteiger partial charge in [0.05, 0.1) is 5.36 Å². The van der Waals surface area contributed by atoms with Crippen LogP contribution in [0.15, 0.2) is 0 Å². The highest BCUT2D eigenvalue weighted by molar-refractivity contribution is 5.35. The van der Waals surface area contributed by atoms with Crippen molar-refractivity contribution in [1.29, 1.82) is 5.41 Å². The molecular formula is C28H48N2. The zero-order valence-corrected chi connectivity index (χ0v) is 20.0. The summed E-state index contributed by atoms with van der Waals surface area (Å²) >= 11 is 0. The molecule has 0 unspecified atom stereocenters. The second-order valence-corrected chi connectivity index (χ2v) is 10.0. The van der Waals surface area contributed by atoms with Crippen LogP contribution in [0.1, 0.15) is 139 Å². The van der Waals surface area contributed by atoms with Gasteiger partial charge < -0.3 is 9.98 Å². The van der Waals surface area contributed by atoms with Gasteiger partial charge in [0.2, 0.25) is 0 Å². The summed E-state index contributed by atoms with van der Waals surface area (Å²) in [4.78, 5) is 0. The molecule has 0 aromatic carbocycles. The molecule has 2 aliphatic carbocycles. The maximum absolute atomic E-state index is 8.68. The monoisotopic (exact) mass is 412 g/mol. The Labute approximate surface area is 186 Å².